The van der Waals surface area contributed by atoms with E-state index in [1.54, 1.807) is 0 Å². The fraction of sp³-hybridized carbons (Fsp3) is 0.308. The van der Waals surface area contributed by atoms with Crippen molar-refractivity contribution in [3.8, 4) is 11.3 Å². The Morgan fingerprint density at radius 1 is 1.12 bits per heavy atom. The summed E-state index contributed by atoms with van der Waals surface area (Å²) in [4.78, 5) is 0. The summed E-state index contributed by atoms with van der Waals surface area (Å²) in [5.41, 5.74) is 10.5. The Morgan fingerprint density at radius 2 is 1.88 bits per heavy atom. The molecule has 0 fully saturated rings. The standard InChI is InChI=1S/C13H17N3/c1-3-9-5-6-11(7-10(9)4-2)12-8-13(14)16-15-12/h5-8H,3-4H2,1-2H3,(H3,14,15,16). The van der Waals surface area contributed by atoms with Crippen molar-refractivity contribution in [3.63, 3.8) is 0 Å². The van der Waals surface area contributed by atoms with E-state index in [2.05, 4.69) is 42.2 Å². The molecule has 0 saturated carbocycles. The molecule has 0 aliphatic carbocycles. The number of nitrogens with two attached hydrogens (primary N) is 1. The normalized spacial score (nSPS) is 10.6. The first kappa shape index (κ1) is 10.7. The number of aryl methyl sites for hydroxylation is 2. The maximum atomic E-state index is 5.60. The lowest BCUT2D eigenvalue weighted by atomic mass is 9.99. The van der Waals surface area contributed by atoms with Gasteiger partial charge in [0.25, 0.3) is 0 Å². The maximum Gasteiger partial charge on any atom is 0.145 e. The summed E-state index contributed by atoms with van der Waals surface area (Å²) in [5.74, 6) is 0.535. The van der Waals surface area contributed by atoms with Gasteiger partial charge in [-0.25, -0.2) is 0 Å². The second-order valence-corrected chi connectivity index (χ2v) is 3.90. The van der Waals surface area contributed by atoms with E-state index in [1.165, 1.54) is 11.1 Å². The molecule has 1 aromatic heterocycles. The van der Waals surface area contributed by atoms with Gasteiger partial charge in [-0.15, -0.1) is 0 Å². The summed E-state index contributed by atoms with van der Waals surface area (Å²) in [6.07, 6.45) is 2.13. The number of nitrogens with zero attached hydrogens (tertiary/aromatic N) is 1. The molecule has 0 saturated heterocycles. The SMILES string of the molecule is CCc1ccc(-c2cc(N)n[nH]2)cc1CC. The van der Waals surface area contributed by atoms with Gasteiger partial charge in [0.15, 0.2) is 0 Å². The lowest BCUT2D eigenvalue weighted by molar-refractivity contribution is 1.04. The van der Waals surface area contributed by atoms with Crippen LogP contribution in [-0.4, -0.2) is 10.2 Å². The molecule has 3 nitrogen and oxygen atoms in total. The van der Waals surface area contributed by atoms with Crippen molar-refractivity contribution in [1.82, 2.24) is 10.2 Å². The molecule has 0 unspecified atom stereocenters. The van der Waals surface area contributed by atoms with Gasteiger partial charge in [0.2, 0.25) is 0 Å². The number of rotatable bonds is 3. The number of hydrogen-bond donors (Lipinski definition) is 2. The van der Waals surface area contributed by atoms with E-state index in [9.17, 15) is 0 Å². The molecular formula is C13H17N3. The monoisotopic (exact) mass is 215 g/mol. The third-order valence-corrected chi connectivity index (χ3v) is 2.88. The number of H-pyrrole nitrogens is 1. The highest BCUT2D eigenvalue weighted by Crippen LogP contribution is 2.22. The van der Waals surface area contributed by atoms with E-state index < -0.39 is 0 Å². The van der Waals surface area contributed by atoms with Gasteiger partial charge >= 0.3 is 0 Å². The van der Waals surface area contributed by atoms with Crippen LogP contribution in [0.2, 0.25) is 0 Å². The Hall–Kier alpha value is -1.77. The average Bonchev–Trinajstić information content (AvgIpc) is 2.75. The first-order valence-corrected chi connectivity index (χ1v) is 5.67. The fourth-order valence-electron chi connectivity index (χ4n) is 1.95. The van der Waals surface area contributed by atoms with Crippen molar-refractivity contribution in [2.75, 3.05) is 5.73 Å². The van der Waals surface area contributed by atoms with Crippen LogP contribution in [0.3, 0.4) is 0 Å². The lowest BCUT2D eigenvalue weighted by Gasteiger charge is -2.07. The predicted octanol–water partition coefficient (Wildman–Crippen LogP) is 2.78. The van der Waals surface area contributed by atoms with Crippen LogP contribution < -0.4 is 5.73 Å². The first-order valence-electron chi connectivity index (χ1n) is 5.67. The Morgan fingerprint density at radius 3 is 2.44 bits per heavy atom. The molecule has 0 bridgehead atoms. The highest BCUT2D eigenvalue weighted by Gasteiger charge is 2.05. The van der Waals surface area contributed by atoms with E-state index in [0.717, 1.165) is 24.1 Å². The van der Waals surface area contributed by atoms with Crippen molar-refractivity contribution in [2.24, 2.45) is 0 Å². The highest BCUT2D eigenvalue weighted by atomic mass is 15.2. The molecule has 0 aliphatic rings. The Balaban J connectivity index is 2.43. The molecule has 2 aromatic rings. The van der Waals surface area contributed by atoms with Crippen LogP contribution in [0.1, 0.15) is 25.0 Å². The summed E-state index contributed by atoms with van der Waals surface area (Å²) in [6.45, 7) is 4.36. The number of hydrogen-bond acceptors (Lipinski definition) is 2. The smallest absolute Gasteiger partial charge is 0.145 e. The molecule has 0 atom stereocenters. The van der Waals surface area contributed by atoms with Gasteiger partial charge in [-0.05, 0) is 35.6 Å². The van der Waals surface area contributed by atoms with Crippen LogP contribution in [-0.2, 0) is 12.8 Å². The summed E-state index contributed by atoms with van der Waals surface area (Å²) < 4.78 is 0. The zero-order chi connectivity index (χ0) is 11.5. The van der Waals surface area contributed by atoms with Crippen molar-refractivity contribution in [3.05, 3.63) is 35.4 Å². The molecule has 84 valence electrons. The highest BCUT2D eigenvalue weighted by molar-refractivity contribution is 5.63. The largest absolute Gasteiger partial charge is 0.382 e. The number of aromatic nitrogens is 2. The quantitative estimate of drug-likeness (QED) is 0.827. The van der Waals surface area contributed by atoms with Crippen LogP contribution in [0, 0.1) is 0 Å². The number of benzene rings is 1. The maximum absolute atomic E-state index is 5.60. The van der Waals surface area contributed by atoms with E-state index in [-0.39, 0.29) is 0 Å². The van der Waals surface area contributed by atoms with Crippen molar-refractivity contribution < 1.29 is 0 Å². The zero-order valence-corrected chi connectivity index (χ0v) is 9.75. The number of nitrogen functional groups attached to an aromatic ring is 1. The lowest BCUT2D eigenvalue weighted by Crippen LogP contribution is -1.91. The van der Waals surface area contributed by atoms with Crippen LogP contribution in [0.4, 0.5) is 5.82 Å². The van der Waals surface area contributed by atoms with E-state index in [4.69, 9.17) is 5.73 Å². The van der Waals surface area contributed by atoms with Crippen molar-refractivity contribution in [1.29, 1.82) is 0 Å². The zero-order valence-electron chi connectivity index (χ0n) is 9.75. The molecule has 16 heavy (non-hydrogen) atoms. The number of anilines is 1. The number of aromatic amines is 1. The molecule has 0 spiro atoms. The van der Waals surface area contributed by atoms with E-state index >= 15 is 0 Å². The summed E-state index contributed by atoms with van der Waals surface area (Å²) in [5, 5.41) is 6.88. The predicted molar refractivity (Wildman–Crippen MR) is 67.2 cm³/mol. The fourth-order valence-corrected chi connectivity index (χ4v) is 1.95. The van der Waals surface area contributed by atoms with Gasteiger partial charge in [0.1, 0.15) is 5.82 Å². The van der Waals surface area contributed by atoms with Crippen LogP contribution in [0.25, 0.3) is 11.3 Å². The van der Waals surface area contributed by atoms with Gasteiger partial charge in [0, 0.05) is 6.07 Å². The molecule has 0 radical (unpaired) electrons. The molecule has 3 N–H and O–H groups in total. The summed E-state index contributed by atoms with van der Waals surface area (Å²) in [6, 6.07) is 8.38. The molecule has 0 amide bonds. The third-order valence-electron chi connectivity index (χ3n) is 2.88. The van der Waals surface area contributed by atoms with Gasteiger partial charge < -0.3 is 5.73 Å². The first-order chi connectivity index (χ1) is 7.74. The Kier molecular flexibility index (Phi) is 2.95. The van der Waals surface area contributed by atoms with Crippen LogP contribution in [0.5, 0.6) is 0 Å². The second kappa shape index (κ2) is 4.39. The molecule has 3 heteroatoms. The van der Waals surface area contributed by atoms with E-state index in [1.807, 2.05) is 6.07 Å². The van der Waals surface area contributed by atoms with Gasteiger partial charge in [-0.2, -0.15) is 5.10 Å². The minimum atomic E-state index is 0.535. The summed E-state index contributed by atoms with van der Waals surface area (Å²) in [7, 11) is 0. The second-order valence-electron chi connectivity index (χ2n) is 3.90. The van der Waals surface area contributed by atoms with E-state index in [0.29, 0.717) is 5.82 Å². The van der Waals surface area contributed by atoms with Crippen molar-refractivity contribution in [2.45, 2.75) is 26.7 Å². The van der Waals surface area contributed by atoms with Crippen molar-refractivity contribution >= 4 is 5.82 Å². The van der Waals surface area contributed by atoms with Gasteiger partial charge in [-0.1, -0.05) is 26.0 Å². The van der Waals surface area contributed by atoms with Gasteiger partial charge in [0.05, 0.1) is 5.69 Å². The average molecular weight is 215 g/mol. The molecule has 1 aromatic carbocycles. The Bertz CT molecular complexity index is 486. The molecule has 1 heterocycles. The summed E-state index contributed by atoms with van der Waals surface area (Å²) >= 11 is 0. The minimum absolute atomic E-state index is 0.535. The number of nitrogens with one attached hydrogen (secondary N) is 1. The third kappa shape index (κ3) is 1.94. The van der Waals surface area contributed by atoms with Crippen LogP contribution in [0.15, 0.2) is 24.3 Å². The van der Waals surface area contributed by atoms with Gasteiger partial charge in [-0.3, -0.25) is 5.10 Å². The Labute approximate surface area is 95.7 Å². The topological polar surface area (TPSA) is 54.7 Å². The van der Waals surface area contributed by atoms with Crippen LogP contribution >= 0.6 is 0 Å². The molecule has 0 aliphatic heterocycles. The molecular weight excluding hydrogens is 198 g/mol. The molecule has 2 rings (SSSR count). The minimum Gasteiger partial charge on any atom is -0.382 e.